The van der Waals surface area contributed by atoms with Crippen molar-refractivity contribution < 1.29 is 9.53 Å². The number of hydrogen-bond acceptors (Lipinski definition) is 3. The molecule has 4 nitrogen and oxygen atoms in total. The molecule has 0 spiro atoms. The maximum absolute atomic E-state index is 12.0. The predicted molar refractivity (Wildman–Crippen MR) is 66.9 cm³/mol. The summed E-state index contributed by atoms with van der Waals surface area (Å²) in [7, 11) is 0. The first kappa shape index (κ1) is 11.9. The molecule has 1 aromatic rings. The van der Waals surface area contributed by atoms with Crippen LogP contribution in [0.25, 0.3) is 0 Å². The van der Waals surface area contributed by atoms with Crippen LogP contribution in [0.5, 0.6) is 0 Å². The third-order valence-electron chi connectivity index (χ3n) is 3.13. The Hall–Kier alpha value is -1.55. The Labute approximate surface area is 101 Å². The van der Waals surface area contributed by atoms with Crippen molar-refractivity contribution in [2.75, 3.05) is 18.9 Å². The number of hydrogen-bond donors (Lipinski definition) is 2. The zero-order chi connectivity index (χ0) is 12.3. The van der Waals surface area contributed by atoms with E-state index in [4.69, 9.17) is 10.5 Å². The summed E-state index contributed by atoms with van der Waals surface area (Å²) in [6.07, 6.45) is 2.27. The van der Waals surface area contributed by atoms with Gasteiger partial charge in [-0.15, -0.1) is 0 Å². The number of benzene rings is 1. The maximum atomic E-state index is 12.0. The van der Waals surface area contributed by atoms with E-state index >= 15 is 0 Å². The highest BCUT2D eigenvalue weighted by Crippen LogP contribution is 2.16. The molecule has 17 heavy (non-hydrogen) atoms. The molecule has 0 aromatic heterocycles. The van der Waals surface area contributed by atoms with Crippen molar-refractivity contribution in [1.82, 2.24) is 5.32 Å². The molecular formula is C13H18N2O2. The molecule has 0 saturated carbocycles. The molecule has 1 amide bonds. The number of rotatable bonds is 3. The van der Waals surface area contributed by atoms with E-state index in [9.17, 15) is 4.79 Å². The molecule has 0 bridgehead atoms. The average Bonchev–Trinajstić information content (AvgIpc) is 2.82. The summed E-state index contributed by atoms with van der Waals surface area (Å²) < 4.78 is 5.45. The van der Waals surface area contributed by atoms with Gasteiger partial charge in [0.05, 0.1) is 6.10 Å². The molecule has 2 rings (SSSR count). The Morgan fingerprint density at radius 2 is 2.41 bits per heavy atom. The van der Waals surface area contributed by atoms with Gasteiger partial charge in [0.15, 0.2) is 0 Å². The summed E-state index contributed by atoms with van der Waals surface area (Å²) in [5.41, 5.74) is 7.89. The smallest absolute Gasteiger partial charge is 0.251 e. The largest absolute Gasteiger partial charge is 0.398 e. The number of anilines is 1. The minimum absolute atomic E-state index is 0.0784. The zero-order valence-corrected chi connectivity index (χ0v) is 10.0. The molecule has 1 fully saturated rings. The highest BCUT2D eigenvalue weighted by atomic mass is 16.5. The highest BCUT2D eigenvalue weighted by molar-refractivity contribution is 5.96. The first-order chi connectivity index (χ1) is 8.18. The van der Waals surface area contributed by atoms with E-state index in [0.717, 1.165) is 25.0 Å². The fraction of sp³-hybridized carbons (Fsp3) is 0.462. The quantitative estimate of drug-likeness (QED) is 0.779. The second-order valence-corrected chi connectivity index (χ2v) is 4.36. The summed E-state index contributed by atoms with van der Waals surface area (Å²) in [5.74, 6) is -0.0784. The molecule has 1 aromatic carbocycles. The van der Waals surface area contributed by atoms with Crippen LogP contribution >= 0.6 is 0 Å². The summed E-state index contributed by atoms with van der Waals surface area (Å²) >= 11 is 0. The van der Waals surface area contributed by atoms with Crippen LogP contribution in [0.3, 0.4) is 0 Å². The number of carbonyl (C=O) groups is 1. The number of nitrogens with two attached hydrogens (primary N) is 1. The van der Waals surface area contributed by atoms with Gasteiger partial charge < -0.3 is 15.8 Å². The number of ether oxygens (including phenoxy) is 1. The van der Waals surface area contributed by atoms with Crippen LogP contribution in [0, 0.1) is 6.92 Å². The summed E-state index contributed by atoms with van der Waals surface area (Å²) in [5, 5.41) is 2.89. The molecular weight excluding hydrogens is 216 g/mol. The molecule has 1 saturated heterocycles. The summed E-state index contributed by atoms with van der Waals surface area (Å²) in [4.78, 5) is 12.0. The summed E-state index contributed by atoms with van der Waals surface area (Å²) in [6.45, 7) is 3.24. The van der Waals surface area contributed by atoms with Crippen LogP contribution in [0.4, 0.5) is 5.69 Å². The fourth-order valence-electron chi connectivity index (χ4n) is 2.01. The third-order valence-corrected chi connectivity index (χ3v) is 3.13. The lowest BCUT2D eigenvalue weighted by atomic mass is 10.1. The van der Waals surface area contributed by atoms with Crippen molar-refractivity contribution in [2.45, 2.75) is 25.9 Å². The fourth-order valence-corrected chi connectivity index (χ4v) is 2.01. The lowest BCUT2D eigenvalue weighted by Gasteiger charge is -2.12. The van der Waals surface area contributed by atoms with E-state index in [-0.39, 0.29) is 12.0 Å². The van der Waals surface area contributed by atoms with Crippen molar-refractivity contribution in [3.8, 4) is 0 Å². The van der Waals surface area contributed by atoms with Gasteiger partial charge in [0.2, 0.25) is 0 Å². The minimum Gasteiger partial charge on any atom is -0.398 e. The monoisotopic (exact) mass is 234 g/mol. The average molecular weight is 234 g/mol. The van der Waals surface area contributed by atoms with Gasteiger partial charge in [-0.25, -0.2) is 0 Å². The van der Waals surface area contributed by atoms with Gasteiger partial charge >= 0.3 is 0 Å². The second kappa shape index (κ2) is 5.19. The van der Waals surface area contributed by atoms with Crippen LogP contribution in [-0.2, 0) is 4.74 Å². The zero-order valence-electron chi connectivity index (χ0n) is 10.0. The Balaban J connectivity index is 1.97. The first-order valence-electron chi connectivity index (χ1n) is 5.93. The van der Waals surface area contributed by atoms with Gasteiger partial charge in [-0.05, 0) is 37.5 Å². The van der Waals surface area contributed by atoms with Crippen molar-refractivity contribution in [3.05, 3.63) is 29.3 Å². The van der Waals surface area contributed by atoms with Gasteiger partial charge in [-0.2, -0.15) is 0 Å². The third kappa shape index (κ3) is 2.77. The van der Waals surface area contributed by atoms with Crippen LogP contribution in [0.1, 0.15) is 28.8 Å². The standard InChI is InChI=1S/C13H18N2O2/c1-9-11(5-2-6-12(9)14)13(16)15-8-10-4-3-7-17-10/h2,5-6,10H,3-4,7-8,14H2,1H3,(H,15,16)/t10-/m1/s1. The van der Waals surface area contributed by atoms with Gasteiger partial charge in [-0.1, -0.05) is 6.07 Å². The van der Waals surface area contributed by atoms with Crippen LogP contribution in [0.2, 0.25) is 0 Å². The molecule has 0 aliphatic carbocycles. The Bertz CT molecular complexity index is 412. The van der Waals surface area contributed by atoms with Gasteiger partial charge in [0.25, 0.3) is 5.91 Å². The second-order valence-electron chi connectivity index (χ2n) is 4.36. The molecule has 1 aliphatic rings. The lowest BCUT2D eigenvalue weighted by Crippen LogP contribution is -2.32. The van der Waals surface area contributed by atoms with E-state index in [1.54, 1.807) is 18.2 Å². The Morgan fingerprint density at radius 3 is 3.12 bits per heavy atom. The molecule has 3 N–H and O–H groups in total. The van der Waals surface area contributed by atoms with Gasteiger partial charge in [0.1, 0.15) is 0 Å². The van der Waals surface area contributed by atoms with E-state index in [1.165, 1.54) is 0 Å². The van der Waals surface area contributed by atoms with Gasteiger partial charge in [0, 0.05) is 24.4 Å². The van der Waals surface area contributed by atoms with Crippen LogP contribution < -0.4 is 11.1 Å². The number of amides is 1. The van der Waals surface area contributed by atoms with E-state index < -0.39 is 0 Å². The topological polar surface area (TPSA) is 64.4 Å². The van der Waals surface area contributed by atoms with Crippen molar-refractivity contribution >= 4 is 11.6 Å². The SMILES string of the molecule is Cc1c(N)cccc1C(=O)NC[C@H]1CCCO1. The minimum atomic E-state index is -0.0784. The molecule has 1 aliphatic heterocycles. The molecule has 0 unspecified atom stereocenters. The van der Waals surface area contributed by atoms with Gasteiger partial charge in [-0.3, -0.25) is 4.79 Å². The van der Waals surface area contributed by atoms with E-state index in [1.807, 2.05) is 6.92 Å². The highest BCUT2D eigenvalue weighted by Gasteiger charge is 2.17. The van der Waals surface area contributed by atoms with Crippen molar-refractivity contribution in [2.24, 2.45) is 0 Å². The van der Waals surface area contributed by atoms with Crippen molar-refractivity contribution in [3.63, 3.8) is 0 Å². The lowest BCUT2D eigenvalue weighted by molar-refractivity contribution is 0.0857. The van der Waals surface area contributed by atoms with Crippen LogP contribution in [0.15, 0.2) is 18.2 Å². The molecule has 1 atom stereocenters. The summed E-state index contributed by atoms with van der Waals surface area (Å²) in [6, 6.07) is 5.38. The predicted octanol–water partition coefficient (Wildman–Crippen LogP) is 1.49. The van der Waals surface area contributed by atoms with Crippen molar-refractivity contribution in [1.29, 1.82) is 0 Å². The van der Waals surface area contributed by atoms with E-state index in [2.05, 4.69) is 5.32 Å². The number of nitrogens with one attached hydrogen (secondary N) is 1. The Kier molecular flexibility index (Phi) is 3.64. The molecule has 92 valence electrons. The normalized spacial score (nSPS) is 19.2. The number of nitrogen functional groups attached to an aromatic ring is 1. The van der Waals surface area contributed by atoms with E-state index in [0.29, 0.717) is 17.8 Å². The number of carbonyl (C=O) groups excluding carboxylic acids is 1. The maximum Gasteiger partial charge on any atom is 0.251 e. The Morgan fingerprint density at radius 1 is 1.59 bits per heavy atom. The molecule has 1 heterocycles. The van der Waals surface area contributed by atoms with Crippen LogP contribution in [-0.4, -0.2) is 25.2 Å². The molecule has 0 radical (unpaired) electrons. The molecule has 4 heteroatoms. The first-order valence-corrected chi connectivity index (χ1v) is 5.93.